The minimum absolute atomic E-state index is 0. The van der Waals surface area contributed by atoms with Crippen molar-refractivity contribution in [1.29, 1.82) is 0 Å². The Kier molecular flexibility index (Phi) is 14.9. The van der Waals surface area contributed by atoms with E-state index in [2.05, 4.69) is 190 Å². The van der Waals surface area contributed by atoms with Gasteiger partial charge in [-0.25, -0.2) is 0 Å². The molecule has 9 aromatic rings. The Balaban J connectivity index is 0.000000188. The van der Waals surface area contributed by atoms with Gasteiger partial charge in [0, 0.05) is 0 Å². The van der Waals surface area contributed by atoms with Gasteiger partial charge in [-0.2, -0.15) is 12.1 Å². The zero-order chi connectivity index (χ0) is 34.3. The molecule has 2 radical (unpaired) electrons. The maximum Gasteiger partial charge on any atom is 4.00 e. The first-order chi connectivity index (χ1) is 24.7. The summed E-state index contributed by atoms with van der Waals surface area (Å²) in [6, 6.07) is 63.4. The van der Waals surface area contributed by atoms with E-state index in [1.165, 1.54) is 81.7 Å². The molecule has 0 nitrogen and oxygen atoms in total. The van der Waals surface area contributed by atoms with Crippen LogP contribution in [0.25, 0.3) is 65.3 Å². The average Bonchev–Trinajstić information content (AvgIpc) is 3.83. The van der Waals surface area contributed by atoms with E-state index in [9.17, 15) is 0 Å². The van der Waals surface area contributed by atoms with Gasteiger partial charge < -0.3 is 14.9 Å². The van der Waals surface area contributed by atoms with Crippen LogP contribution in [-0.4, -0.2) is 9.52 Å². The van der Waals surface area contributed by atoms with Crippen molar-refractivity contribution in [3.63, 3.8) is 0 Å². The van der Waals surface area contributed by atoms with Gasteiger partial charge in [-0.1, -0.05) is 164 Å². The van der Waals surface area contributed by atoms with Gasteiger partial charge in [0.1, 0.15) is 0 Å². The van der Waals surface area contributed by atoms with Crippen molar-refractivity contribution in [2.45, 2.75) is 33.2 Å². The standard InChI is InChI=1S/2C21H17.C7H8Si.2CH3.Ti/c2*1-2-15-13-17-9-6-12-20(21(17)14-15)19-11-5-8-16-7-3-4-10-18(16)19;1-8-7-5-3-2-4-6-7;;;/h2*3-14H,2H2,1H3;2-6H,1H3;2*1H3;/q2*-1;;2*-1;+4. The number of benzene rings is 7. The molecule has 0 aliphatic rings. The van der Waals surface area contributed by atoms with Crippen molar-refractivity contribution in [3.05, 3.63) is 202 Å². The molecule has 0 amide bonds. The first-order valence-electron chi connectivity index (χ1n) is 17.7. The second kappa shape index (κ2) is 19.3. The van der Waals surface area contributed by atoms with Crippen LogP contribution in [0.1, 0.15) is 25.0 Å². The maximum atomic E-state index is 2.34. The summed E-state index contributed by atoms with van der Waals surface area (Å²) < 4.78 is 0. The Morgan fingerprint density at radius 3 is 1.17 bits per heavy atom. The Bertz CT molecular complexity index is 2330. The fourth-order valence-electron chi connectivity index (χ4n) is 7.00. The fraction of sp³-hybridized carbons (Fsp3) is 0.0980. The molecular weight excluding hydrogens is 689 g/mol. The van der Waals surface area contributed by atoms with Crippen molar-refractivity contribution in [2.24, 2.45) is 0 Å². The number of fused-ring (bicyclic) bond motifs is 4. The Morgan fingerprint density at radius 1 is 0.415 bits per heavy atom. The van der Waals surface area contributed by atoms with Crippen molar-refractivity contribution in [1.82, 2.24) is 0 Å². The zero-order valence-corrected chi connectivity index (χ0v) is 34.2. The summed E-state index contributed by atoms with van der Waals surface area (Å²) in [7, 11) is 0.930. The van der Waals surface area contributed by atoms with Crippen molar-refractivity contribution in [3.8, 4) is 22.3 Å². The smallest absolute Gasteiger partial charge is 0.358 e. The molecular formula is C51H48SiTi. The molecule has 0 heterocycles. The first-order valence-corrected chi connectivity index (χ1v) is 19.2. The molecule has 0 atom stereocenters. The van der Waals surface area contributed by atoms with Crippen LogP contribution < -0.4 is 5.19 Å². The topological polar surface area (TPSA) is 0 Å². The van der Waals surface area contributed by atoms with Gasteiger partial charge in [-0.3, -0.25) is 0 Å². The summed E-state index contributed by atoms with van der Waals surface area (Å²) in [6.07, 6.45) is 2.17. The average molecular weight is 737 g/mol. The summed E-state index contributed by atoms with van der Waals surface area (Å²) in [5.41, 5.74) is 8.15. The van der Waals surface area contributed by atoms with Crippen LogP contribution >= 0.6 is 0 Å². The van der Waals surface area contributed by atoms with E-state index in [0.717, 1.165) is 22.4 Å². The summed E-state index contributed by atoms with van der Waals surface area (Å²) in [6.45, 7) is 6.62. The molecule has 0 saturated carbocycles. The summed E-state index contributed by atoms with van der Waals surface area (Å²) in [5, 5.41) is 12.1. The largest absolute Gasteiger partial charge is 4.00 e. The predicted molar refractivity (Wildman–Crippen MR) is 234 cm³/mol. The third kappa shape index (κ3) is 9.06. The molecule has 0 aliphatic heterocycles. The fourth-order valence-corrected chi connectivity index (χ4v) is 7.52. The van der Waals surface area contributed by atoms with Gasteiger partial charge >= 0.3 is 21.7 Å². The predicted octanol–water partition coefficient (Wildman–Crippen LogP) is 13.8. The van der Waals surface area contributed by atoms with Crippen LogP contribution in [-0.2, 0) is 34.6 Å². The summed E-state index contributed by atoms with van der Waals surface area (Å²) >= 11 is 0. The van der Waals surface area contributed by atoms with Gasteiger partial charge in [-0.05, 0) is 45.5 Å². The Labute approximate surface area is 335 Å². The molecule has 0 spiro atoms. The van der Waals surface area contributed by atoms with E-state index in [1.54, 1.807) is 0 Å². The van der Waals surface area contributed by atoms with Crippen LogP contribution in [0.5, 0.6) is 0 Å². The third-order valence-electron chi connectivity index (χ3n) is 9.66. The van der Waals surface area contributed by atoms with Crippen LogP contribution in [0.4, 0.5) is 0 Å². The molecule has 0 bridgehead atoms. The summed E-state index contributed by atoms with van der Waals surface area (Å²) in [5.74, 6) is 0. The first kappa shape index (κ1) is 41.0. The molecule has 9 rings (SSSR count). The van der Waals surface area contributed by atoms with E-state index in [4.69, 9.17) is 0 Å². The van der Waals surface area contributed by atoms with E-state index in [1.807, 2.05) is 6.07 Å². The number of hydrogen-bond donors (Lipinski definition) is 0. The normalized spacial score (nSPS) is 10.3. The molecule has 53 heavy (non-hydrogen) atoms. The molecule has 2 heteroatoms. The molecule has 0 saturated heterocycles. The van der Waals surface area contributed by atoms with Crippen molar-refractivity contribution >= 4 is 57.8 Å². The molecule has 0 N–H and O–H groups in total. The minimum Gasteiger partial charge on any atom is -0.358 e. The molecule has 260 valence electrons. The van der Waals surface area contributed by atoms with Gasteiger partial charge in [0.2, 0.25) is 0 Å². The molecule has 0 fully saturated rings. The van der Waals surface area contributed by atoms with Gasteiger partial charge in [0.25, 0.3) is 0 Å². The summed E-state index contributed by atoms with van der Waals surface area (Å²) in [4.78, 5) is 0. The Hall–Kier alpha value is -4.79. The zero-order valence-electron chi connectivity index (χ0n) is 31.7. The van der Waals surface area contributed by atoms with Crippen molar-refractivity contribution in [2.75, 3.05) is 0 Å². The quantitative estimate of drug-likeness (QED) is 0.122. The van der Waals surface area contributed by atoms with Crippen LogP contribution in [0.3, 0.4) is 0 Å². The van der Waals surface area contributed by atoms with E-state index >= 15 is 0 Å². The number of aryl methyl sites for hydroxylation is 2. The molecule has 0 aromatic heterocycles. The van der Waals surface area contributed by atoms with Crippen LogP contribution in [0.2, 0.25) is 6.55 Å². The molecule has 9 aromatic carbocycles. The van der Waals surface area contributed by atoms with E-state index < -0.39 is 0 Å². The SMILES string of the molecule is CCc1cc2c(-c3cccc4ccccc34)cccc2[cH-]1.CCc1cc2c(-c3cccc4ccccc34)cccc2[cH-]1.C[Si]c1ccccc1.[CH3-].[CH3-].[Ti+4]. The number of hydrogen-bond acceptors (Lipinski definition) is 0. The van der Waals surface area contributed by atoms with Gasteiger partial charge in [0.15, 0.2) is 0 Å². The Morgan fingerprint density at radius 2 is 0.774 bits per heavy atom. The van der Waals surface area contributed by atoms with Gasteiger partial charge in [-0.15, -0.1) is 69.1 Å². The second-order valence-electron chi connectivity index (χ2n) is 12.7. The monoisotopic (exact) mass is 736 g/mol. The van der Waals surface area contributed by atoms with E-state index in [0.29, 0.717) is 0 Å². The third-order valence-corrected chi connectivity index (χ3v) is 10.6. The van der Waals surface area contributed by atoms with Crippen LogP contribution in [0.15, 0.2) is 176 Å². The van der Waals surface area contributed by atoms with Crippen molar-refractivity contribution < 1.29 is 21.7 Å². The second-order valence-corrected chi connectivity index (χ2v) is 13.8. The number of rotatable bonds is 5. The minimum atomic E-state index is 0. The van der Waals surface area contributed by atoms with Gasteiger partial charge in [0.05, 0.1) is 9.52 Å². The van der Waals surface area contributed by atoms with Crippen LogP contribution in [0, 0.1) is 14.9 Å². The van der Waals surface area contributed by atoms with E-state index in [-0.39, 0.29) is 36.6 Å². The maximum absolute atomic E-state index is 2.34. The molecule has 0 unspecified atom stereocenters. The molecule has 0 aliphatic carbocycles.